The molecule has 0 aliphatic carbocycles. The Kier molecular flexibility index (Phi) is 5.47. The molecule has 6 heteroatoms. The van der Waals surface area contributed by atoms with Gasteiger partial charge in [0.25, 0.3) is 5.91 Å². The molecule has 0 saturated carbocycles. The third-order valence-electron chi connectivity index (χ3n) is 4.30. The topological polar surface area (TPSA) is 55.8 Å². The van der Waals surface area contributed by atoms with E-state index in [0.717, 1.165) is 23.2 Å². The number of anilines is 1. The zero-order valence-electron chi connectivity index (χ0n) is 14.7. The number of halogens is 1. The van der Waals surface area contributed by atoms with Gasteiger partial charge >= 0.3 is 5.97 Å². The molecule has 0 bridgehead atoms. The Morgan fingerprint density at radius 3 is 2.77 bits per heavy atom. The van der Waals surface area contributed by atoms with Crippen LogP contribution in [0.3, 0.4) is 0 Å². The smallest absolute Gasteiger partial charge is 0.344 e. The number of benzene rings is 2. The van der Waals surface area contributed by atoms with Gasteiger partial charge in [-0.05, 0) is 55.7 Å². The van der Waals surface area contributed by atoms with Crippen molar-refractivity contribution in [1.82, 2.24) is 0 Å². The second kappa shape index (κ2) is 7.79. The van der Waals surface area contributed by atoms with E-state index in [2.05, 4.69) is 0 Å². The van der Waals surface area contributed by atoms with Crippen LogP contribution >= 0.6 is 11.6 Å². The SMILES string of the molecule is Cc1cc(OCC(=O)O[C@@H](C)C(=O)N2CCc3ccccc32)ccc1Cl. The molecule has 0 aromatic heterocycles. The molecule has 1 aliphatic heterocycles. The Morgan fingerprint density at radius 2 is 2.00 bits per heavy atom. The van der Waals surface area contributed by atoms with Crippen LogP contribution in [0.5, 0.6) is 5.75 Å². The Labute approximate surface area is 157 Å². The molecule has 1 atom stereocenters. The minimum atomic E-state index is -0.871. The first kappa shape index (κ1) is 18.3. The van der Waals surface area contributed by atoms with E-state index in [1.807, 2.05) is 31.2 Å². The first-order valence-electron chi connectivity index (χ1n) is 8.43. The van der Waals surface area contributed by atoms with Crippen LogP contribution in [0.15, 0.2) is 42.5 Å². The second-order valence-electron chi connectivity index (χ2n) is 6.20. The molecule has 3 rings (SSSR count). The number of carbonyl (C=O) groups excluding carboxylic acids is 2. The minimum Gasteiger partial charge on any atom is -0.482 e. The number of hydrogen-bond donors (Lipinski definition) is 0. The van der Waals surface area contributed by atoms with Gasteiger partial charge in [0.1, 0.15) is 5.75 Å². The highest BCUT2D eigenvalue weighted by Gasteiger charge is 2.29. The molecule has 1 heterocycles. The maximum Gasteiger partial charge on any atom is 0.344 e. The summed E-state index contributed by atoms with van der Waals surface area (Å²) in [6, 6.07) is 12.9. The molecule has 0 N–H and O–H groups in total. The molecule has 2 aromatic carbocycles. The lowest BCUT2D eigenvalue weighted by molar-refractivity contribution is -0.155. The number of rotatable bonds is 5. The normalized spacial score (nSPS) is 13.9. The Morgan fingerprint density at radius 1 is 1.23 bits per heavy atom. The third kappa shape index (κ3) is 3.99. The predicted molar refractivity (Wildman–Crippen MR) is 99.7 cm³/mol. The third-order valence-corrected chi connectivity index (χ3v) is 4.72. The number of para-hydroxylation sites is 1. The van der Waals surface area contributed by atoms with E-state index in [0.29, 0.717) is 17.3 Å². The van der Waals surface area contributed by atoms with Crippen LogP contribution in [0.2, 0.25) is 5.02 Å². The fourth-order valence-corrected chi connectivity index (χ4v) is 3.03. The fraction of sp³-hybridized carbons (Fsp3) is 0.300. The number of aryl methyl sites for hydroxylation is 1. The summed E-state index contributed by atoms with van der Waals surface area (Å²) in [6.07, 6.45) is -0.0640. The summed E-state index contributed by atoms with van der Waals surface area (Å²) in [5.74, 6) is -0.298. The summed E-state index contributed by atoms with van der Waals surface area (Å²) in [7, 11) is 0. The number of fused-ring (bicyclic) bond motifs is 1. The summed E-state index contributed by atoms with van der Waals surface area (Å²) in [5.41, 5.74) is 2.86. The number of nitrogens with zero attached hydrogens (tertiary/aromatic N) is 1. The van der Waals surface area contributed by atoms with Crippen LogP contribution in [0.1, 0.15) is 18.1 Å². The van der Waals surface area contributed by atoms with Crippen molar-refractivity contribution >= 4 is 29.2 Å². The van der Waals surface area contributed by atoms with Gasteiger partial charge in [-0.25, -0.2) is 4.79 Å². The Bertz CT molecular complexity index is 836. The van der Waals surface area contributed by atoms with Gasteiger partial charge in [0.2, 0.25) is 0 Å². The van der Waals surface area contributed by atoms with Crippen molar-refractivity contribution in [3.05, 3.63) is 58.6 Å². The average molecular weight is 374 g/mol. The molecule has 26 heavy (non-hydrogen) atoms. The van der Waals surface area contributed by atoms with Gasteiger partial charge in [-0.1, -0.05) is 29.8 Å². The number of carbonyl (C=O) groups is 2. The molecule has 1 amide bonds. The van der Waals surface area contributed by atoms with Gasteiger partial charge in [-0.3, -0.25) is 4.79 Å². The molecule has 0 spiro atoms. The number of ether oxygens (including phenoxy) is 2. The first-order valence-corrected chi connectivity index (χ1v) is 8.81. The number of esters is 1. The van der Waals surface area contributed by atoms with Crippen LogP contribution in [0, 0.1) is 6.92 Å². The van der Waals surface area contributed by atoms with Crippen molar-refractivity contribution in [3.63, 3.8) is 0 Å². The first-order chi connectivity index (χ1) is 12.5. The van der Waals surface area contributed by atoms with E-state index >= 15 is 0 Å². The van der Waals surface area contributed by atoms with Crippen molar-refractivity contribution in [3.8, 4) is 5.75 Å². The highest BCUT2D eigenvalue weighted by molar-refractivity contribution is 6.31. The van der Waals surface area contributed by atoms with Crippen molar-refractivity contribution in [2.45, 2.75) is 26.4 Å². The lowest BCUT2D eigenvalue weighted by atomic mass is 10.2. The molecule has 1 aliphatic rings. The van der Waals surface area contributed by atoms with E-state index in [-0.39, 0.29) is 12.5 Å². The number of amides is 1. The van der Waals surface area contributed by atoms with E-state index in [1.54, 1.807) is 30.0 Å². The van der Waals surface area contributed by atoms with Crippen LogP contribution < -0.4 is 9.64 Å². The van der Waals surface area contributed by atoms with Crippen LogP contribution in [-0.4, -0.2) is 31.1 Å². The molecule has 0 unspecified atom stereocenters. The summed E-state index contributed by atoms with van der Waals surface area (Å²) in [4.78, 5) is 26.3. The lowest BCUT2D eigenvalue weighted by Gasteiger charge is -2.21. The monoisotopic (exact) mass is 373 g/mol. The molecular weight excluding hydrogens is 354 g/mol. The minimum absolute atomic E-state index is 0.231. The molecule has 2 aromatic rings. The van der Waals surface area contributed by atoms with Crippen molar-refractivity contribution < 1.29 is 19.1 Å². The molecule has 0 radical (unpaired) electrons. The van der Waals surface area contributed by atoms with Crippen LogP contribution in [0.25, 0.3) is 0 Å². The van der Waals surface area contributed by atoms with Gasteiger partial charge in [-0.15, -0.1) is 0 Å². The van der Waals surface area contributed by atoms with Crippen LogP contribution in [-0.2, 0) is 20.7 Å². The van der Waals surface area contributed by atoms with Crippen molar-refractivity contribution in [2.75, 3.05) is 18.1 Å². The Balaban J connectivity index is 1.54. The van der Waals surface area contributed by atoms with Gasteiger partial charge < -0.3 is 14.4 Å². The van der Waals surface area contributed by atoms with E-state index in [1.165, 1.54) is 0 Å². The second-order valence-corrected chi connectivity index (χ2v) is 6.61. The largest absolute Gasteiger partial charge is 0.482 e. The van der Waals surface area contributed by atoms with Gasteiger partial charge in [0.05, 0.1) is 0 Å². The Hall–Kier alpha value is -2.53. The molecule has 136 valence electrons. The summed E-state index contributed by atoms with van der Waals surface area (Å²) in [5, 5.41) is 0.630. The van der Waals surface area contributed by atoms with Gasteiger partial charge in [0, 0.05) is 17.3 Å². The highest BCUT2D eigenvalue weighted by Crippen LogP contribution is 2.28. The average Bonchev–Trinajstić information content (AvgIpc) is 3.06. The van der Waals surface area contributed by atoms with E-state index in [9.17, 15) is 9.59 Å². The summed E-state index contributed by atoms with van der Waals surface area (Å²) >= 11 is 5.96. The maximum atomic E-state index is 12.6. The van der Waals surface area contributed by atoms with Crippen molar-refractivity contribution in [2.24, 2.45) is 0 Å². The predicted octanol–water partition coefficient (Wildman–Crippen LogP) is 3.55. The van der Waals surface area contributed by atoms with E-state index in [4.69, 9.17) is 21.1 Å². The maximum absolute atomic E-state index is 12.6. The van der Waals surface area contributed by atoms with Crippen LogP contribution in [0.4, 0.5) is 5.69 Å². The highest BCUT2D eigenvalue weighted by atomic mass is 35.5. The fourth-order valence-electron chi connectivity index (χ4n) is 2.92. The quantitative estimate of drug-likeness (QED) is 0.752. The summed E-state index contributed by atoms with van der Waals surface area (Å²) < 4.78 is 10.6. The zero-order valence-corrected chi connectivity index (χ0v) is 15.5. The molecule has 0 saturated heterocycles. The zero-order chi connectivity index (χ0) is 18.7. The molecule has 5 nitrogen and oxygen atoms in total. The molecule has 0 fully saturated rings. The standard InChI is InChI=1S/C20H20ClNO4/c1-13-11-16(7-8-17(13)21)25-12-19(23)26-14(2)20(24)22-10-9-15-5-3-4-6-18(15)22/h3-8,11,14H,9-10,12H2,1-2H3/t14-/m0/s1. The number of hydrogen-bond acceptors (Lipinski definition) is 4. The van der Waals surface area contributed by atoms with Gasteiger partial charge in [0.15, 0.2) is 12.7 Å². The summed E-state index contributed by atoms with van der Waals surface area (Å²) in [6.45, 7) is 3.76. The lowest BCUT2D eigenvalue weighted by Crippen LogP contribution is -2.39. The van der Waals surface area contributed by atoms with Crippen molar-refractivity contribution in [1.29, 1.82) is 0 Å². The van der Waals surface area contributed by atoms with Gasteiger partial charge in [-0.2, -0.15) is 0 Å². The molecular formula is C20H20ClNO4. The van der Waals surface area contributed by atoms with E-state index < -0.39 is 12.1 Å².